The van der Waals surface area contributed by atoms with Gasteiger partial charge in [-0.1, -0.05) is 12.8 Å². The zero-order chi connectivity index (χ0) is 12.8. The SMILES string of the molecule is CC1CCN(C(=O)C#CCN2CCNCC2)CC1. The summed E-state index contributed by atoms with van der Waals surface area (Å²) >= 11 is 0. The van der Waals surface area contributed by atoms with E-state index in [0.717, 1.165) is 64.6 Å². The lowest BCUT2D eigenvalue weighted by Gasteiger charge is -2.28. The molecule has 0 atom stereocenters. The molecule has 0 aromatic rings. The molecule has 2 heterocycles. The van der Waals surface area contributed by atoms with Crippen molar-refractivity contribution >= 4 is 5.91 Å². The minimum Gasteiger partial charge on any atom is -0.332 e. The zero-order valence-electron chi connectivity index (χ0n) is 11.2. The molecular formula is C14H23N3O. The van der Waals surface area contributed by atoms with Crippen LogP contribution in [0.15, 0.2) is 0 Å². The second-order valence-corrected chi connectivity index (χ2v) is 5.30. The van der Waals surface area contributed by atoms with Crippen LogP contribution in [-0.4, -0.2) is 61.5 Å². The Morgan fingerprint density at radius 3 is 2.56 bits per heavy atom. The van der Waals surface area contributed by atoms with Crippen molar-refractivity contribution in [1.29, 1.82) is 0 Å². The van der Waals surface area contributed by atoms with Gasteiger partial charge in [0.1, 0.15) is 0 Å². The highest BCUT2D eigenvalue weighted by Crippen LogP contribution is 2.15. The molecule has 0 aromatic heterocycles. The van der Waals surface area contributed by atoms with Gasteiger partial charge in [0.05, 0.1) is 6.54 Å². The Hall–Kier alpha value is -1.05. The highest BCUT2D eigenvalue weighted by molar-refractivity contribution is 5.93. The van der Waals surface area contributed by atoms with E-state index in [1.165, 1.54) is 0 Å². The molecule has 1 N–H and O–H groups in total. The molecule has 2 rings (SSSR count). The summed E-state index contributed by atoms with van der Waals surface area (Å²) in [4.78, 5) is 16.0. The lowest BCUT2D eigenvalue weighted by atomic mass is 9.99. The van der Waals surface area contributed by atoms with E-state index in [0.29, 0.717) is 0 Å². The summed E-state index contributed by atoms with van der Waals surface area (Å²) in [6, 6.07) is 0. The van der Waals surface area contributed by atoms with Gasteiger partial charge in [0.2, 0.25) is 0 Å². The number of carbonyl (C=O) groups is 1. The predicted octanol–water partition coefficient (Wildman–Crippen LogP) is 0.154. The second kappa shape index (κ2) is 6.77. The van der Waals surface area contributed by atoms with Crippen molar-refractivity contribution < 1.29 is 4.79 Å². The number of hydrogen-bond donors (Lipinski definition) is 1. The van der Waals surface area contributed by atoms with Gasteiger partial charge in [-0.05, 0) is 24.7 Å². The maximum Gasteiger partial charge on any atom is 0.298 e. The molecule has 0 bridgehead atoms. The first-order chi connectivity index (χ1) is 8.75. The van der Waals surface area contributed by atoms with Gasteiger partial charge < -0.3 is 10.2 Å². The molecule has 0 aliphatic carbocycles. The van der Waals surface area contributed by atoms with Gasteiger partial charge >= 0.3 is 0 Å². The smallest absolute Gasteiger partial charge is 0.298 e. The Morgan fingerprint density at radius 1 is 1.22 bits per heavy atom. The predicted molar refractivity (Wildman–Crippen MR) is 72.1 cm³/mol. The number of likely N-dealkylation sites (tertiary alicyclic amines) is 1. The summed E-state index contributed by atoms with van der Waals surface area (Å²) in [6.45, 7) is 8.84. The van der Waals surface area contributed by atoms with E-state index in [1.54, 1.807) is 0 Å². The Labute approximate surface area is 110 Å². The summed E-state index contributed by atoms with van der Waals surface area (Å²) in [5.74, 6) is 6.57. The maximum atomic E-state index is 11.9. The van der Waals surface area contributed by atoms with Gasteiger partial charge in [-0.3, -0.25) is 9.69 Å². The van der Waals surface area contributed by atoms with Crippen LogP contribution < -0.4 is 5.32 Å². The number of nitrogens with one attached hydrogen (secondary N) is 1. The quantitative estimate of drug-likeness (QED) is 0.672. The molecule has 4 heteroatoms. The Kier molecular flexibility index (Phi) is 5.03. The van der Waals surface area contributed by atoms with Crippen molar-refractivity contribution in [3.05, 3.63) is 0 Å². The lowest BCUT2D eigenvalue weighted by molar-refractivity contribution is -0.126. The van der Waals surface area contributed by atoms with Gasteiger partial charge in [-0.15, -0.1) is 0 Å². The molecular weight excluding hydrogens is 226 g/mol. The van der Waals surface area contributed by atoms with Crippen LogP contribution in [-0.2, 0) is 4.79 Å². The second-order valence-electron chi connectivity index (χ2n) is 5.30. The van der Waals surface area contributed by atoms with Crippen molar-refractivity contribution in [3.63, 3.8) is 0 Å². The van der Waals surface area contributed by atoms with Crippen molar-refractivity contribution in [3.8, 4) is 11.8 Å². The first kappa shape index (κ1) is 13.4. The number of piperidine rings is 1. The molecule has 18 heavy (non-hydrogen) atoms. The van der Waals surface area contributed by atoms with Crippen molar-refractivity contribution in [2.24, 2.45) is 5.92 Å². The number of nitrogens with zero attached hydrogens (tertiary/aromatic N) is 2. The molecule has 2 aliphatic rings. The number of rotatable bonds is 1. The summed E-state index contributed by atoms with van der Waals surface area (Å²) in [5, 5.41) is 3.30. The van der Waals surface area contributed by atoms with Crippen LogP contribution in [0.25, 0.3) is 0 Å². The molecule has 0 spiro atoms. The fraction of sp³-hybridized carbons (Fsp3) is 0.786. The summed E-state index contributed by atoms with van der Waals surface area (Å²) in [7, 11) is 0. The van der Waals surface area contributed by atoms with Crippen LogP contribution in [0.5, 0.6) is 0 Å². The van der Waals surface area contributed by atoms with Crippen LogP contribution in [0.3, 0.4) is 0 Å². The monoisotopic (exact) mass is 249 g/mol. The van der Waals surface area contributed by atoms with Gasteiger partial charge in [-0.2, -0.15) is 0 Å². The fourth-order valence-electron chi connectivity index (χ4n) is 2.39. The number of hydrogen-bond acceptors (Lipinski definition) is 3. The van der Waals surface area contributed by atoms with Gasteiger partial charge in [0.15, 0.2) is 0 Å². The Bertz CT molecular complexity index is 331. The Morgan fingerprint density at radius 2 is 1.89 bits per heavy atom. The van der Waals surface area contributed by atoms with Gasteiger partial charge in [0.25, 0.3) is 5.91 Å². The first-order valence-corrected chi connectivity index (χ1v) is 6.96. The van der Waals surface area contributed by atoms with Crippen molar-refractivity contribution in [2.45, 2.75) is 19.8 Å². The Balaban J connectivity index is 1.73. The van der Waals surface area contributed by atoms with E-state index in [1.807, 2.05) is 4.90 Å². The molecule has 0 saturated carbocycles. The molecule has 2 saturated heterocycles. The first-order valence-electron chi connectivity index (χ1n) is 6.96. The third kappa shape index (κ3) is 4.01. The van der Waals surface area contributed by atoms with Crippen LogP contribution in [0.4, 0.5) is 0 Å². The molecule has 0 aromatic carbocycles. The minimum atomic E-state index is 0.0111. The molecule has 0 radical (unpaired) electrons. The molecule has 4 nitrogen and oxygen atoms in total. The molecule has 2 fully saturated rings. The van der Waals surface area contributed by atoms with E-state index in [9.17, 15) is 4.79 Å². The number of piperazine rings is 1. The summed E-state index contributed by atoms with van der Waals surface area (Å²) < 4.78 is 0. The fourth-order valence-corrected chi connectivity index (χ4v) is 2.39. The third-order valence-corrected chi connectivity index (χ3v) is 3.78. The summed E-state index contributed by atoms with van der Waals surface area (Å²) in [6.07, 6.45) is 2.23. The van der Waals surface area contributed by atoms with Crippen molar-refractivity contribution in [2.75, 3.05) is 45.8 Å². The molecule has 100 valence electrons. The highest BCUT2D eigenvalue weighted by atomic mass is 16.2. The topological polar surface area (TPSA) is 35.6 Å². The molecule has 0 unspecified atom stereocenters. The normalized spacial score (nSPS) is 22.4. The van der Waals surface area contributed by atoms with Gasteiger partial charge in [0, 0.05) is 39.3 Å². The largest absolute Gasteiger partial charge is 0.332 e. The molecule has 1 amide bonds. The van der Waals surface area contributed by atoms with E-state index in [-0.39, 0.29) is 5.91 Å². The minimum absolute atomic E-state index is 0.0111. The number of amides is 1. The zero-order valence-corrected chi connectivity index (χ0v) is 11.2. The van der Waals surface area contributed by atoms with Crippen LogP contribution >= 0.6 is 0 Å². The average Bonchev–Trinajstić information content (AvgIpc) is 2.40. The van der Waals surface area contributed by atoms with Crippen LogP contribution in [0.1, 0.15) is 19.8 Å². The van der Waals surface area contributed by atoms with Crippen molar-refractivity contribution in [1.82, 2.24) is 15.1 Å². The number of carbonyl (C=O) groups excluding carboxylic acids is 1. The standard InChI is InChI=1S/C14H23N3O/c1-13-4-9-17(10-5-13)14(18)3-2-8-16-11-6-15-7-12-16/h13,15H,4-12H2,1H3. The van der Waals surface area contributed by atoms with E-state index in [4.69, 9.17) is 0 Å². The van der Waals surface area contributed by atoms with Crippen LogP contribution in [0.2, 0.25) is 0 Å². The van der Waals surface area contributed by atoms with E-state index in [2.05, 4.69) is 29.0 Å². The lowest BCUT2D eigenvalue weighted by Crippen LogP contribution is -2.43. The highest BCUT2D eigenvalue weighted by Gasteiger charge is 2.18. The van der Waals surface area contributed by atoms with Crippen LogP contribution in [0, 0.1) is 17.8 Å². The van der Waals surface area contributed by atoms with E-state index >= 15 is 0 Å². The average molecular weight is 249 g/mol. The molecule has 2 aliphatic heterocycles. The van der Waals surface area contributed by atoms with E-state index < -0.39 is 0 Å². The van der Waals surface area contributed by atoms with Gasteiger partial charge in [-0.25, -0.2) is 0 Å². The summed E-state index contributed by atoms with van der Waals surface area (Å²) in [5.41, 5.74) is 0. The third-order valence-electron chi connectivity index (χ3n) is 3.78. The maximum absolute atomic E-state index is 11.9.